The van der Waals surface area contributed by atoms with Gasteiger partial charge in [0, 0.05) is 13.1 Å². The van der Waals surface area contributed by atoms with E-state index in [2.05, 4.69) is 37.6 Å². The highest BCUT2D eigenvalue weighted by Gasteiger charge is 2.11. The molecule has 0 saturated heterocycles. The lowest BCUT2D eigenvalue weighted by Gasteiger charge is -2.27. The Morgan fingerprint density at radius 1 is 1.12 bits per heavy atom. The van der Waals surface area contributed by atoms with Crippen molar-refractivity contribution in [2.75, 3.05) is 23.7 Å². The number of rotatable bonds is 5. The molecule has 0 bridgehead atoms. The maximum absolute atomic E-state index is 5.72. The molecule has 2 N–H and O–H groups in total. The molecule has 0 aliphatic carbocycles. The second kappa shape index (κ2) is 5.73. The lowest BCUT2D eigenvalue weighted by molar-refractivity contribution is 0.549. The van der Waals surface area contributed by atoms with Gasteiger partial charge >= 0.3 is 0 Å². The average molecular weight is 221 g/mol. The first-order valence-electron chi connectivity index (χ1n) is 5.96. The Morgan fingerprint density at radius 2 is 1.69 bits per heavy atom. The highest BCUT2D eigenvalue weighted by Crippen LogP contribution is 2.16. The molecule has 0 atom stereocenters. The van der Waals surface area contributed by atoms with E-state index >= 15 is 0 Å². The largest absolute Gasteiger partial charge is 0.384 e. The second-order valence-electron chi connectivity index (χ2n) is 5.11. The van der Waals surface area contributed by atoms with E-state index in [4.69, 9.17) is 5.73 Å². The molecule has 0 spiro atoms. The van der Waals surface area contributed by atoms with E-state index in [0.717, 1.165) is 18.9 Å². The van der Waals surface area contributed by atoms with Gasteiger partial charge in [0.25, 0.3) is 0 Å². The van der Waals surface area contributed by atoms with Gasteiger partial charge in [0.05, 0.1) is 0 Å². The van der Waals surface area contributed by atoms with Crippen molar-refractivity contribution in [3.05, 3.63) is 18.2 Å². The summed E-state index contributed by atoms with van der Waals surface area (Å²) in [6, 6.07) is 5.82. The predicted octanol–water partition coefficient (Wildman–Crippen LogP) is 2.78. The van der Waals surface area contributed by atoms with Crippen molar-refractivity contribution in [2.45, 2.75) is 27.7 Å². The Hall–Kier alpha value is -1.25. The lowest BCUT2D eigenvalue weighted by atomic mass is 10.1. The number of anilines is 2. The summed E-state index contributed by atoms with van der Waals surface area (Å²) in [5.74, 6) is 2.83. The number of pyridine rings is 1. The summed E-state index contributed by atoms with van der Waals surface area (Å²) < 4.78 is 0. The molecule has 16 heavy (non-hydrogen) atoms. The van der Waals surface area contributed by atoms with E-state index in [1.807, 2.05) is 18.2 Å². The number of nitrogen functional groups attached to an aromatic ring is 1. The molecule has 0 aliphatic heterocycles. The quantitative estimate of drug-likeness (QED) is 0.831. The first kappa shape index (κ1) is 12.8. The van der Waals surface area contributed by atoms with Crippen LogP contribution in [-0.2, 0) is 0 Å². The Balaban J connectivity index is 2.82. The van der Waals surface area contributed by atoms with Crippen molar-refractivity contribution >= 4 is 11.6 Å². The summed E-state index contributed by atoms with van der Waals surface area (Å²) in [7, 11) is 0. The van der Waals surface area contributed by atoms with Crippen molar-refractivity contribution in [1.82, 2.24) is 4.98 Å². The van der Waals surface area contributed by atoms with E-state index in [0.29, 0.717) is 17.7 Å². The van der Waals surface area contributed by atoms with Crippen LogP contribution in [0.15, 0.2) is 18.2 Å². The fourth-order valence-electron chi connectivity index (χ4n) is 1.76. The van der Waals surface area contributed by atoms with Gasteiger partial charge in [-0.2, -0.15) is 0 Å². The van der Waals surface area contributed by atoms with Crippen LogP contribution in [0.25, 0.3) is 0 Å². The fraction of sp³-hybridized carbons (Fsp3) is 0.615. The van der Waals surface area contributed by atoms with Gasteiger partial charge in [-0.3, -0.25) is 0 Å². The first-order valence-corrected chi connectivity index (χ1v) is 5.96. The highest BCUT2D eigenvalue weighted by molar-refractivity contribution is 5.44. The minimum Gasteiger partial charge on any atom is -0.384 e. The molecule has 1 aromatic heterocycles. The third kappa shape index (κ3) is 4.09. The van der Waals surface area contributed by atoms with Gasteiger partial charge in [-0.1, -0.05) is 33.8 Å². The van der Waals surface area contributed by atoms with E-state index in [1.54, 1.807) is 0 Å². The zero-order valence-corrected chi connectivity index (χ0v) is 10.8. The van der Waals surface area contributed by atoms with Crippen LogP contribution in [0.1, 0.15) is 27.7 Å². The van der Waals surface area contributed by atoms with Crippen LogP contribution in [0.3, 0.4) is 0 Å². The minimum atomic E-state index is 0.593. The zero-order chi connectivity index (χ0) is 12.1. The number of hydrogen-bond acceptors (Lipinski definition) is 3. The topological polar surface area (TPSA) is 42.1 Å². The van der Waals surface area contributed by atoms with Gasteiger partial charge in [-0.15, -0.1) is 0 Å². The highest BCUT2D eigenvalue weighted by atomic mass is 15.2. The zero-order valence-electron chi connectivity index (χ0n) is 10.8. The molecular weight excluding hydrogens is 198 g/mol. The van der Waals surface area contributed by atoms with Crippen molar-refractivity contribution in [1.29, 1.82) is 0 Å². The van der Waals surface area contributed by atoms with Gasteiger partial charge in [0.15, 0.2) is 0 Å². The summed E-state index contributed by atoms with van der Waals surface area (Å²) >= 11 is 0. The molecule has 0 aromatic carbocycles. The van der Waals surface area contributed by atoms with Crippen molar-refractivity contribution in [3.63, 3.8) is 0 Å². The van der Waals surface area contributed by atoms with Gasteiger partial charge < -0.3 is 10.6 Å². The Morgan fingerprint density at radius 3 is 2.12 bits per heavy atom. The lowest BCUT2D eigenvalue weighted by Crippen LogP contribution is -2.32. The number of nitrogens with two attached hydrogens (primary N) is 1. The SMILES string of the molecule is CC(C)CN(CC(C)C)c1cccc(N)n1. The van der Waals surface area contributed by atoms with Crippen LogP contribution in [0.2, 0.25) is 0 Å². The molecule has 0 amide bonds. The van der Waals surface area contributed by atoms with Crippen LogP contribution in [0.5, 0.6) is 0 Å². The van der Waals surface area contributed by atoms with Gasteiger partial charge in [-0.05, 0) is 24.0 Å². The summed E-state index contributed by atoms with van der Waals surface area (Å²) in [5.41, 5.74) is 5.72. The maximum atomic E-state index is 5.72. The minimum absolute atomic E-state index is 0.593. The average Bonchev–Trinajstić information content (AvgIpc) is 2.15. The summed E-state index contributed by atoms with van der Waals surface area (Å²) in [6.45, 7) is 10.9. The monoisotopic (exact) mass is 221 g/mol. The van der Waals surface area contributed by atoms with Crippen LogP contribution in [0.4, 0.5) is 11.6 Å². The van der Waals surface area contributed by atoms with Crippen molar-refractivity contribution < 1.29 is 0 Å². The normalized spacial score (nSPS) is 11.1. The molecule has 3 heteroatoms. The van der Waals surface area contributed by atoms with E-state index < -0.39 is 0 Å². The molecule has 3 nitrogen and oxygen atoms in total. The van der Waals surface area contributed by atoms with Crippen LogP contribution in [0, 0.1) is 11.8 Å². The Labute approximate surface area is 98.7 Å². The molecule has 1 heterocycles. The van der Waals surface area contributed by atoms with Crippen LogP contribution >= 0.6 is 0 Å². The first-order chi connectivity index (χ1) is 7.49. The van der Waals surface area contributed by atoms with Crippen LogP contribution < -0.4 is 10.6 Å². The van der Waals surface area contributed by atoms with E-state index in [9.17, 15) is 0 Å². The molecule has 0 fully saturated rings. The van der Waals surface area contributed by atoms with Gasteiger partial charge in [-0.25, -0.2) is 4.98 Å². The third-order valence-corrected chi connectivity index (χ3v) is 2.25. The predicted molar refractivity (Wildman–Crippen MR) is 70.5 cm³/mol. The van der Waals surface area contributed by atoms with E-state index in [-0.39, 0.29) is 0 Å². The van der Waals surface area contributed by atoms with Gasteiger partial charge in [0.1, 0.15) is 11.6 Å². The summed E-state index contributed by atoms with van der Waals surface area (Å²) in [4.78, 5) is 6.69. The standard InChI is InChI=1S/C13H23N3/c1-10(2)8-16(9-11(3)4)13-7-5-6-12(14)15-13/h5-7,10-11H,8-9H2,1-4H3,(H2,14,15). The Bertz CT molecular complexity index is 311. The molecule has 0 aliphatic rings. The summed E-state index contributed by atoms with van der Waals surface area (Å²) in [6.07, 6.45) is 0. The van der Waals surface area contributed by atoms with Crippen molar-refractivity contribution in [2.24, 2.45) is 11.8 Å². The summed E-state index contributed by atoms with van der Waals surface area (Å²) in [5, 5.41) is 0. The van der Waals surface area contributed by atoms with Gasteiger partial charge in [0.2, 0.25) is 0 Å². The van der Waals surface area contributed by atoms with Crippen LogP contribution in [-0.4, -0.2) is 18.1 Å². The smallest absolute Gasteiger partial charge is 0.130 e. The second-order valence-corrected chi connectivity index (χ2v) is 5.11. The molecule has 0 unspecified atom stereocenters. The Kier molecular flexibility index (Phi) is 4.59. The molecule has 0 radical (unpaired) electrons. The maximum Gasteiger partial charge on any atom is 0.130 e. The van der Waals surface area contributed by atoms with E-state index in [1.165, 1.54) is 0 Å². The van der Waals surface area contributed by atoms with Crippen molar-refractivity contribution in [3.8, 4) is 0 Å². The fourth-order valence-corrected chi connectivity index (χ4v) is 1.76. The molecule has 0 saturated carbocycles. The molecule has 90 valence electrons. The molecule has 1 rings (SSSR count). The molecule has 1 aromatic rings. The number of aromatic nitrogens is 1. The molecular formula is C13H23N3. The number of hydrogen-bond donors (Lipinski definition) is 1. The number of nitrogens with zero attached hydrogens (tertiary/aromatic N) is 2. The third-order valence-electron chi connectivity index (χ3n) is 2.25.